The van der Waals surface area contributed by atoms with E-state index in [1.807, 2.05) is 0 Å². The fraction of sp³-hybridized carbons (Fsp3) is 0.500. The summed E-state index contributed by atoms with van der Waals surface area (Å²) in [7, 11) is 1.77. The molecule has 0 atom stereocenters. The molecule has 0 radical (unpaired) electrons. The number of amides is 1. The number of anilines is 1. The molecule has 1 fully saturated rings. The van der Waals surface area contributed by atoms with Crippen molar-refractivity contribution in [3.8, 4) is 0 Å². The first kappa shape index (κ1) is 20.6. The molecule has 1 aliphatic rings. The van der Waals surface area contributed by atoms with Crippen LogP contribution >= 0.6 is 24.0 Å². The number of benzene rings is 1. The van der Waals surface area contributed by atoms with Crippen LogP contribution in [0.25, 0.3) is 0 Å². The van der Waals surface area contributed by atoms with Gasteiger partial charge >= 0.3 is 0 Å². The van der Waals surface area contributed by atoms with Gasteiger partial charge in [0.15, 0.2) is 5.96 Å². The number of nitrogens with one attached hydrogen (secondary N) is 1. The highest BCUT2D eigenvalue weighted by atomic mass is 127. The maximum absolute atomic E-state index is 13.5. The van der Waals surface area contributed by atoms with Crippen molar-refractivity contribution in [3.05, 3.63) is 29.8 Å². The fourth-order valence-corrected chi connectivity index (χ4v) is 2.71. The molecule has 5 nitrogen and oxygen atoms in total. The fourth-order valence-electron chi connectivity index (χ4n) is 2.71. The van der Waals surface area contributed by atoms with Crippen LogP contribution in [-0.4, -0.2) is 36.4 Å². The molecule has 0 spiro atoms. The van der Waals surface area contributed by atoms with Gasteiger partial charge in [0.2, 0.25) is 5.91 Å². The summed E-state index contributed by atoms with van der Waals surface area (Å²) in [5.41, 5.74) is 5.52. The van der Waals surface area contributed by atoms with Crippen molar-refractivity contribution >= 4 is 41.5 Å². The number of likely N-dealkylation sites (N-methyl/N-ethyl adjacent to an activating group) is 1. The van der Waals surface area contributed by atoms with Gasteiger partial charge in [0.1, 0.15) is 18.2 Å². The Bertz CT molecular complexity index is 591. The second kappa shape index (κ2) is 9.75. The molecular formula is C16H23F2IN4O. The van der Waals surface area contributed by atoms with Gasteiger partial charge in [-0.25, -0.2) is 13.8 Å². The minimum atomic E-state index is -0.643. The summed E-state index contributed by atoms with van der Waals surface area (Å²) in [5.74, 6) is -1.49. The van der Waals surface area contributed by atoms with Crippen LogP contribution in [-0.2, 0) is 4.79 Å². The van der Waals surface area contributed by atoms with E-state index in [0.717, 1.165) is 43.9 Å². The zero-order chi connectivity index (χ0) is 16.8. The quantitative estimate of drug-likeness (QED) is 0.419. The van der Waals surface area contributed by atoms with Gasteiger partial charge in [-0.15, -0.1) is 24.0 Å². The minimum Gasteiger partial charge on any atom is -0.370 e. The molecule has 24 heavy (non-hydrogen) atoms. The Morgan fingerprint density at radius 1 is 1.33 bits per heavy atom. The van der Waals surface area contributed by atoms with Gasteiger partial charge in [-0.05, 0) is 25.0 Å². The Kier molecular flexibility index (Phi) is 8.37. The summed E-state index contributed by atoms with van der Waals surface area (Å²) >= 11 is 0. The van der Waals surface area contributed by atoms with E-state index >= 15 is 0 Å². The Morgan fingerprint density at radius 3 is 2.67 bits per heavy atom. The summed E-state index contributed by atoms with van der Waals surface area (Å²) < 4.78 is 26.6. The van der Waals surface area contributed by atoms with E-state index in [4.69, 9.17) is 5.73 Å². The Morgan fingerprint density at radius 2 is 2.00 bits per heavy atom. The number of nitrogens with zero attached hydrogens (tertiary/aromatic N) is 2. The molecule has 0 saturated heterocycles. The summed E-state index contributed by atoms with van der Waals surface area (Å²) in [6.45, 7) is -0.122. The minimum absolute atomic E-state index is 0. The summed E-state index contributed by atoms with van der Waals surface area (Å²) in [6, 6.07) is 3.23. The van der Waals surface area contributed by atoms with Crippen molar-refractivity contribution in [2.24, 2.45) is 10.7 Å². The van der Waals surface area contributed by atoms with Crippen molar-refractivity contribution in [2.75, 3.05) is 18.9 Å². The monoisotopic (exact) mass is 452 g/mol. The molecule has 0 unspecified atom stereocenters. The standard InChI is InChI=1S/C16H22F2N4O.HI/c1-22(12-5-3-2-4-6-12)15(23)10-20-16(19)21-14-9-11(17)7-8-13(14)18;/h7-9,12H,2-6,10H2,1H3,(H3,19,20,21);1H. The van der Waals surface area contributed by atoms with Crippen LogP contribution in [0.1, 0.15) is 32.1 Å². The molecule has 0 heterocycles. The van der Waals surface area contributed by atoms with Gasteiger partial charge in [-0.3, -0.25) is 4.79 Å². The third kappa shape index (κ3) is 5.88. The number of aliphatic imine (C=N–C) groups is 1. The van der Waals surface area contributed by atoms with Crippen molar-refractivity contribution in [1.82, 2.24) is 4.90 Å². The maximum Gasteiger partial charge on any atom is 0.244 e. The van der Waals surface area contributed by atoms with E-state index in [9.17, 15) is 13.6 Å². The predicted molar refractivity (Wildman–Crippen MR) is 102 cm³/mol. The SMILES string of the molecule is CN(C(=O)CN=C(N)Nc1cc(F)ccc1F)C1CCCCC1.I. The molecule has 8 heteroatoms. The first-order chi connectivity index (χ1) is 11.0. The number of nitrogens with two attached hydrogens (primary N) is 1. The molecule has 0 aliphatic heterocycles. The number of carbonyl (C=O) groups is 1. The lowest BCUT2D eigenvalue weighted by atomic mass is 9.94. The average molecular weight is 452 g/mol. The molecule has 0 bridgehead atoms. The second-order valence-corrected chi connectivity index (χ2v) is 5.75. The number of hydrogen-bond donors (Lipinski definition) is 2. The van der Waals surface area contributed by atoms with Crippen molar-refractivity contribution in [2.45, 2.75) is 38.1 Å². The van der Waals surface area contributed by atoms with Crippen LogP contribution in [0.3, 0.4) is 0 Å². The molecule has 1 saturated carbocycles. The lowest BCUT2D eigenvalue weighted by molar-refractivity contribution is -0.130. The van der Waals surface area contributed by atoms with Gasteiger partial charge in [-0.2, -0.15) is 0 Å². The highest BCUT2D eigenvalue weighted by Crippen LogP contribution is 2.21. The third-order valence-electron chi connectivity index (χ3n) is 4.09. The predicted octanol–water partition coefficient (Wildman–Crippen LogP) is 3.10. The molecule has 1 aromatic rings. The lowest BCUT2D eigenvalue weighted by Gasteiger charge is -2.30. The first-order valence-electron chi connectivity index (χ1n) is 7.75. The number of carbonyl (C=O) groups excluding carboxylic acids is 1. The van der Waals surface area contributed by atoms with E-state index < -0.39 is 11.6 Å². The van der Waals surface area contributed by atoms with E-state index in [-0.39, 0.29) is 54.1 Å². The highest BCUT2D eigenvalue weighted by molar-refractivity contribution is 14.0. The number of halogens is 3. The molecule has 1 amide bonds. The summed E-state index contributed by atoms with van der Waals surface area (Å²) in [6.07, 6.45) is 5.50. The normalized spacial score (nSPS) is 15.5. The Hall–Kier alpha value is -1.45. The van der Waals surface area contributed by atoms with Crippen LogP contribution in [0.4, 0.5) is 14.5 Å². The van der Waals surface area contributed by atoms with Crippen LogP contribution in [0.2, 0.25) is 0 Å². The molecule has 1 aromatic carbocycles. The summed E-state index contributed by atoms with van der Waals surface area (Å²) in [5, 5.41) is 2.47. The zero-order valence-electron chi connectivity index (χ0n) is 13.6. The van der Waals surface area contributed by atoms with Crippen molar-refractivity contribution in [1.29, 1.82) is 0 Å². The van der Waals surface area contributed by atoms with E-state index in [2.05, 4.69) is 10.3 Å². The second-order valence-electron chi connectivity index (χ2n) is 5.75. The Labute approximate surface area is 157 Å². The smallest absolute Gasteiger partial charge is 0.244 e. The number of hydrogen-bond acceptors (Lipinski definition) is 2. The van der Waals surface area contributed by atoms with E-state index in [1.54, 1.807) is 11.9 Å². The highest BCUT2D eigenvalue weighted by Gasteiger charge is 2.21. The van der Waals surface area contributed by atoms with Crippen LogP contribution < -0.4 is 11.1 Å². The largest absolute Gasteiger partial charge is 0.370 e. The van der Waals surface area contributed by atoms with Gasteiger partial charge < -0.3 is 16.0 Å². The van der Waals surface area contributed by atoms with E-state index in [1.165, 1.54) is 6.42 Å². The van der Waals surface area contributed by atoms with Gasteiger partial charge in [-0.1, -0.05) is 19.3 Å². The first-order valence-corrected chi connectivity index (χ1v) is 7.75. The number of rotatable bonds is 4. The van der Waals surface area contributed by atoms with Crippen LogP contribution in [0.15, 0.2) is 23.2 Å². The van der Waals surface area contributed by atoms with Gasteiger partial charge in [0, 0.05) is 19.2 Å². The Balaban J connectivity index is 0.00000288. The number of guanidine groups is 1. The van der Waals surface area contributed by atoms with Crippen molar-refractivity contribution < 1.29 is 13.6 Å². The third-order valence-corrected chi connectivity index (χ3v) is 4.09. The van der Waals surface area contributed by atoms with Crippen molar-refractivity contribution in [3.63, 3.8) is 0 Å². The molecule has 1 aliphatic carbocycles. The lowest BCUT2D eigenvalue weighted by Crippen LogP contribution is -2.40. The maximum atomic E-state index is 13.5. The summed E-state index contributed by atoms with van der Waals surface area (Å²) in [4.78, 5) is 17.7. The molecular weight excluding hydrogens is 429 g/mol. The molecule has 2 rings (SSSR count). The average Bonchev–Trinajstić information content (AvgIpc) is 2.56. The van der Waals surface area contributed by atoms with Gasteiger partial charge in [0.05, 0.1) is 5.69 Å². The van der Waals surface area contributed by atoms with E-state index in [0.29, 0.717) is 0 Å². The van der Waals surface area contributed by atoms with Crippen LogP contribution in [0, 0.1) is 11.6 Å². The zero-order valence-corrected chi connectivity index (χ0v) is 15.9. The topological polar surface area (TPSA) is 70.7 Å². The van der Waals surface area contributed by atoms with Gasteiger partial charge in [0.25, 0.3) is 0 Å². The molecule has 134 valence electrons. The van der Waals surface area contributed by atoms with Crippen LogP contribution in [0.5, 0.6) is 0 Å². The molecule has 3 N–H and O–H groups in total. The molecule has 0 aromatic heterocycles.